The first-order valence-electron chi connectivity index (χ1n) is 6.43. The summed E-state index contributed by atoms with van der Waals surface area (Å²) in [5.74, 6) is -1.28. The summed E-state index contributed by atoms with van der Waals surface area (Å²) >= 11 is 0. The van der Waals surface area contributed by atoms with Crippen molar-refractivity contribution in [1.29, 1.82) is 0 Å². The van der Waals surface area contributed by atoms with Gasteiger partial charge < -0.3 is 5.11 Å². The SMILES string of the molecule is O=C1CCN(c2ccc3ccc(C(=O)O)cc3c2)C(=O)N1. The van der Waals surface area contributed by atoms with Gasteiger partial charge in [-0.25, -0.2) is 9.59 Å². The molecule has 106 valence electrons. The molecule has 2 aromatic carbocycles. The maximum absolute atomic E-state index is 11.8. The number of nitrogens with zero attached hydrogens (tertiary/aromatic N) is 1. The van der Waals surface area contributed by atoms with Gasteiger partial charge in [-0.2, -0.15) is 0 Å². The van der Waals surface area contributed by atoms with Crippen LogP contribution in [0.2, 0.25) is 0 Å². The Balaban J connectivity index is 2.01. The Morgan fingerprint density at radius 1 is 1.10 bits per heavy atom. The van der Waals surface area contributed by atoms with Crippen molar-refractivity contribution in [3.8, 4) is 0 Å². The second-order valence-corrected chi connectivity index (χ2v) is 4.81. The average Bonchev–Trinajstić information content (AvgIpc) is 2.46. The van der Waals surface area contributed by atoms with Gasteiger partial charge in [-0.1, -0.05) is 12.1 Å². The number of nitrogens with one attached hydrogen (secondary N) is 1. The molecule has 3 amide bonds. The van der Waals surface area contributed by atoms with E-state index in [0.717, 1.165) is 10.8 Å². The van der Waals surface area contributed by atoms with Gasteiger partial charge in [0.15, 0.2) is 0 Å². The van der Waals surface area contributed by atoms with Gasteiger partial charge in [-0.05, 0) is 35.0 Å². The third-order valence-electron chi connectivity index (χ3n) is 3.44. The van der Waals surface area contributed by atoms with Crippen LogP contribution >= 0.6 is 0 Å². The van der Waals surface area contributed by atoms with E-state index in [2.05, 4.69) is 5.32 Å². The van der Waals surface area contributed by atoms with E-state index in [9.17, 15) is 14.4 Å². The molecule has 0 aromatic heterocycles. The molecular formula is C15H12N2O4. The predicted octanol–water partition coefficient (Wildman–Crippen LogP) is 1.98. The second kappa shape index (κ2) is 4.90. The summed E-state index contributed by atoms with van der Waals surface area (Å²) in [5, 5.41) is 12.9. The largest absolute Gasteiger partial charge is 0.478 e. The maximum atomic E-state index is 11.8. The zero-order valence-corrected chi connectivity index (χ0v) is 11.0. The maximum Gasteiger partial charge on any atom is 0.335 e. The molecule has 2 N–H and O–H groups in total. The number of hydrogen-bond donors (Lipinski definition) is 2. The Hall–Kier alpha value is -2.89. The zero-order chi connectivity index (χ0) is 15.0. The van der Waals surface area contributed by atoms with E-state index in [4.69, 9.17) is 5.11 Å². The molecule has 0 spiro atoms. The molecule has 1 saturated heterocycles. The fraction of sp³-hybridized carbons (Fsp3) is 0.133. The number of anilines is 1. The van der Waals surface area contributed by atoms with E-state index >= 15 is 0 Å². The Morgan fingerprint density at radius 3 is 2.57 bits per heavy atom. The third kappa shape index (κ3) is 2.43. The van der Waals surface area contributed by atoms with Crippen molar-refractivity contribution in [3.05, 3.63) is 42.0 Å². The average molecular weight is 284 g/mol. The van der Waals surface area contributed by atoms with Crippen molar-refractivity contribution >= 4 is 34.4 Å². The van der Waals surface area contributed by atoms with Crippen LogP contribution in [0.3, 0.4) is 0 Å². The van der Waals surface area contributed by atoms with Gasteiger partial charge in [0.25, 0.3) is 0 Å². The minimum absolute atomic E-state index is 0.193. The summed E-state index contributed by atoms with van der Waals surface area (Å²) in [6.07, 6.45) is 0.249. The fourth-order valence-electron chi connectivity index (χ4n) is 2.35. The van der Waals surface area contributed by atoms with E-state index in [1.807, 2.05) is 6.07 Å². The molecule has 0 unspecified atom stereocenters. The number of urea groups is 1. The van der Waals surface area contributed by atoms with Crippen LogP contribution in [0.4, 0.5) is 10.5 Å². The van der Waals surface area contributed by atoms with Gasteiger partial charge in [0.1, 0.15) is 0 Å². The molecule has 1 aliphatic heterocycles. The molecule has 1 aliphatic rings. The van der Waals surface area contributed by atoms with Gasteiger partial charge in [-0.15, -0.1) is 0 Å². The smallest absolute Gasteiger partial charge is 0.335 e. The van der Waals surface area contributed by atoms with Gasteiger partial charge >= 0.3 is 12.0 Å². The van der Waals surface area contributed by atoms with E-state index in [0.29, 0.717) is 12.2 Å². The van der Waals surface area contributed by atoms with Crippen LogP contribution in [-0.2, 0) is 4.79 Å². The lowest BCUT2D eigenvalue weighted by Gasteiger charge is -2.26. The summed E-state index contributed by atoms with van der Waals surface area (Å²) in [4.78, 5) is 35.4. The first-order valence-corrected chi connectivity index (χ1v) is 6.43. The summed E-state index contributed by atoms with van der Waals surface area (Å²) < 4.78 is 0. The van der Waals surface area contributed by atoms with Crippen LogP contribution in [0.15, 0.2) is 36.4 Å². The number of benzene rings is 2. The van der Waals surface area contributed by atoms with Crippen molar-refractivity contribution in [2.45, 2.75) is 6.42 Å². The molecule has 6 nitrogen and oxygen atoms in total. The predicted molar refractivity (Wildman–Crippen MR) is 76.4 cm³/mol. The molecule has 2 aromatic rings. The number of carbonyl (C=O) groups is 3. The summed E-state index contributed by atoms with van der Waals surface area (Å²) in [5.41, 5.74) is 0.827. The molecule has 0 radical (unpaired) electrons. The van der Waals surface area contributed by atoms with Gasteiger partial charge in [0, 0.05) is 18.7 Å². The molecule has 6 heteroatoms. The van der Waals surface area contributed by atoms with Crippen molar-refractivity contribution in [2.75, 3.05) is 11.4 Å². The van der Waals surface area contributed by atoms with Crippen molar-refractivity contribution in [3.63, 3.8) is 0 Å². The minimum atomic E-state index is -0.997. The monoisotopic (exact) mass is 284 g/mol. The standard InChI is InChI=1S/C15H12N2O4/c18-13-5-6-17(15(21)16-13)12-4-3-9-1-2-10(14(19)20)7-11(9)8-12/h1-4,7-8H,5-6H2,(H,19,20)(H,16,18,21). The molecule has 21 heavy (non-hydrogen) atoms. The van der Waals surface area contributed by atoms with Crippen LogP contribution in [0, 0.1) is 0 Å². The van der Waals surface area contributed by atoms with Crippen LogP contribution < -0.4 is 10.2 Å². The molecular weight excluding hydrogens is 272 g/mol. The lowest BCUT2D eigenvalue weighted by atomic mass is 10.1. The minimum Gasteiger partial charge on any atom is -0.478 e. The number of fused-ring (bicyclic) bond motifs is 1. The number of rotatable bonds is 2. The normalized spacial score (nSPS) is 15.1. The molecule has 0 saturated carbocycles. The number of carbonyl (C=O) groups excluding carboxylic acids is 2. The zero-order valence-electron chi connectivity index (χ0n) is 11.0. The molecule has 0 aliphatic carbocycles. The van der Waals surface area contributed by atoms with Crippen molar-refractivity contribution in [2.24, 2.45) is 0 Å². The molecule has 1 fully saturated rings. The van der Waals surface area contributed by atoms with Gasteiger partial charge in [0.05, 0.1) is 5.56 Å². The molecule has 0 bridgehead atoms. The lowest BCUT2D eigenvalue weighted by Crippen LogP contribution is -2.49. The Labute approximate surface area is 120 Å². The highest BCUT2D eigenvalue weighted by Gasteiger charge is 2.24. The van der Waals surface area contributed by atoms with E-state index in [1.165, 1.54) is 11.0 Å². The fourth-order valence-corrected chi connectivity index (χ4v) is 2.35. The highest BCUT2D eigenvalue weighted by Crippen LogP contribution is 2.24. The number of carboxylic acids is 1. The Kier molecular flexibility index (Phi) is 3.06. The number of carboxylic acid groups (broad SMARTS) is 1. The molecule has 3 rings (SSSR count). The van der Waals surface area contributed by atoms with E-state index in [-0.39, 0.29) is 17.9 Å². The summed E-state index contributed by atoms with van der Waals surface area (Å²) in [6.45, 7) is 0.314. The number of hydrogen-bond acceptors (Lipinski definition) is 3. The number of amides is 3. The first-order chi connectivity index (χ1) is 10.0. The van der Waals surface area contributed by atoms with Crippen LogP contribution in [0.5, 0.6) is 0 Å². The second-order valence-electron chi connectivity index (χ2n) is 4.81. The summed E-state index contributed by atoms with van der Waals surface area (Å²) in [7, 11) is 0. The van der Waals surface area contributed by atoms with Crippen molar-refractivity contribution in [1.82, 2.24) is 5.32 Å². The van der Waals surface area contributed by atoms with Gasteiger partial charge in [-0.3, -0.25) is 15.0 Å². The topological polar surface area (TPSA) is 86.7 Å². The number of imide groups is 1. The van der Waals surface area contributed by atoms with Crippen LogP contribution in [0.25, 0.3) is 10.8 Å². The van der Waals surface area contributed by atoms with Crippen LogP contribution in [0.1, 0.15) is 16.8 Å². The van der Waals surface area contributed by atoms with Crippen LogP contribution in [-0.4, -0.2) is 29.6 Å². The quantitative estimate of drug-likeness (QED) is 0.882. The van der Waals surface area contributed by atoms with E-state index < -0.39 is 12.0 Å². The highest BCUT2D eigenvalue weighted by molar-refractivity contribution is 6.06. The number of aromatic carboxylic acids is 1. The molecule has 1 heterocycles. The summed E-state index contributed by atoms with van der Waals surface area (Å²) in [6, 6.07) is 9.71. The van der Waals surface area contributed by atoms with E-state index in [1.54, 1.807) is 24.3 Å². The third-order valence-corrected chi connectivity index (χ3v) is 3.44. The lowest BCUT2D eigenvalue weighted by molar-refractivity contribution is -0.120. The first kappa shape index (κ1) is 13.1. The van der Waals surface area contributed by atoms with Gasteiger partial charge in [0.2, 0.25) is 5.91 Å². The van der Waals surface area contributed by atoms with Crippen molar-refractivity contribution < 1.29 is 19.5 Å². The molecule has 0 atom stereocenters. The Bertz CT molecular complexity index is 769. The Morgan fingerprint density at radius 2 is 1.86 bits per heavy atom. The highest BCUT2D eigenvalue weighted by atomic mass is 16.4.